The molecule has 0 aliphatic carbocycles. The van der Waals surface area contributed by atoms with Gasteiger partial charge < -0.3 is 4.90 Å². The molecule has 0 saturated heterocycles. The summed E-state index contributed by atoms with van der Waals surface area (Å²) in [4.78, 5) is 2.22. The quantitative estimate of drug-likeness (QED) is 0.559. The maximum atomic E-state index is 2.22. The Hall–Kier alpha value is -0.0400. The second-order valence-corrected chi connectivity index (χ2v) is 2.69. The topological polar surface area (TPSA) is 3.24 Å². The highest BCUT2D eigenvalue weighted by atomic mass is 15.1. The van der Waals surface area contributed by atoms with E-state index in [1.165, 1.54) is 12.8 Å². The van der Waals surface area contributed by atoms with Gasteiger partial charge in [-0.25, -0.2) is 0 Å². The van der Waals surface area contributed by atoms with E-state index in [9.17, 15) is 0 Å². The number of rotatable bonds is 4. The molecule has 1 heteroatoms. The van der Waals surface area contributed by atoms with Crippen LogP contribution in [0, 0.1) is 5.92 Å². The van der Waals surface area contributed by atoms with Crippen molar-refractivity contribution in [2.75, 3.05) is 20.6 Å². The van der Waals surface area contributed by atoms with Gasteiger partial charge in [-0.2, -0.15) is 0 Å². The highest BCUT2D eigenvalue weighted by molar-refractivity contribution is 4.88. The van der Waals surface area contributed by atoms with Crippen LogP contribution in [0.2, 0.25) is 0 Å². The fraction of sp³-hybridized carbons (Fsp3) is 0.875. The monoisotopic (exact) mass is 128 g/mol. The molecule has 9 heavy (non-hydrogen) atoms. The molecule has 0 heterocycles. The molecule has 0 rings (SSSR count). The zero-order valence-corrected chi connectivity index (χ0v) is 7.07. The van der Waals surface area contributed by atoms with Crippen molar-refractivity contribution >= 4 is 0 Å². The minimum atomic E-state index is 1.16. The van der Waals surface area contributed by atoms with E-state index in [1.807, 2.05) is 0 Å². The van der Waals surface area contributed by atoms with Crippen LogP contribution in [-0.4, -0.2) is 25.5 Å². The third-order valence-electron chi connectivity index (χ3n) is 1.54. The Morgan fingerprint density at radius 1 is 1.11 bits per heavy atom. The predicted octanol–water partition coefficient (Wildman–Crippen LogP) is 1.94. The molecule has 0 aromatic carbocycles. The first-order valence-corrected chi connectivity index (χ1v) is 3.69. The van der Waals surface area contributed by atoms with Crippen LogP contribution in [0.3, 0.4) is 0 Å². The first-order valence-electron chi connectivity index (χ1n) is 3.69. The summed E-state index contributed by atoms with van der Waals surface area (Å²) in [7, 11) is 4.23. The lowest BCUT2D eigenvalue weighted by Crippen LogP contribution is -2.19. The summed E-state index contributed by atoms with van der Waals surface area (Å²) in [6.07, 6.45) is 2.46. The molecular formula is C8H18N. The SMILES string of the molecule is CC[C](CC)CN(C)C. The maximum Gasteiger partial charge on any atom is 0.00375 e. The van der Waals surface area contributed by atoms with Crippen molar-refractivity contribution in [3.05, 3.63) is 5.92 Å². The fourth-order valence-corrected chi connectivity index (χ4v) is 0.921. The van der Waals surface area contributed by atoms with E-state index in [0.29, 0.717) is 0 Å². The normalized spacial score (nSPS) is 11.3. The molecule has 0 aliphatic rings. The standard InChI is InChI=1S/C8H18N/c1-5-8(6-2)7-9(3)4/h5-7H2,1-4H3. The summed E-state index contributed by atoms with van der Waals surface area (Å²) in [5.74, 6) is 1.64. The maximum absolute atomic E-state index is 2.22. The smallest absolute Gasteiger partial charge is 0.00375 e. The second-order valence-electron chi connectivity index (χ2n) is 2.69. The van der Waals surface area contributed by atoms with Gasteiger partial charge in [0.05, 0.1) is 0 Å². The Morgan fingerprint density at radius 3 is 1.67 bits per heavy atom. The minimum absolute atomic E-state index is 1.16. The molecule has 0 bridgehead atoms. The van der Waals surface area contributed by atoms with E-state index in [-0.39, 0.29) is 0 Å². The van der Waals surface area contributed by atoms with Crippen molar-refractivity contribution < 1.29 is 0 Å². The van der Waals surface area contributed by atoms with Gasteiger partial charge in [0.15, 0.2) is 0 Å². The molecule has 0 fully saturated rings. The van der Waals surface area contributed by atoms with Crippen LogP contribution in [0.5, 0.6) is 0 Å². The summed E-state index contributed by atoms with van der Waals surface area (Å²) in [6.45, 7) is 5.61. The van der Waals surface area contributed by atoms with E-state index < -0.39 is 0 Å². The number of hydrogen-bond donors (Lipinski definition) is 0. The van der Waals surface area contributed by atoms with E-state index in [1.54, 1.807) is 5.92 Å². The molecule has 55 valence electrons. The highest BCUT2D eigenvalue weighted by Gasteiger charge is 2.03. The highest BCUT2D eigenvalue weighted by Crippen LogP contribution is 2.09. The zero-order chi connectivity index (χ0) is 7.28. The van der Waals surface area contributed by atoms with Crippen molar-refractivity contribution in [2.24, 2.45) is 0 Å². The van der Waals surface area contributed by atoms with Crippen LogP contribution in [-0.2, 0) is 0 Å². The average molecular weight is 128 g/mol. The molecule has 0 unspecified atom stereocenters. The van der Waals surface area contributed by atoms with Gasteiger partial charge in [-0.05, 0) is 32.9 Å². The molecule has 0 spiro atoms. The molecule has 1 radical (unpaired) electrons. The van der Waals surface area contributed by atoms with Gasteiger partial charge in [0.2, 0.25) is 0 Å². The van der Waals surface area contributed by atoms with Gasteiger partial charge >= 0.3 is 0 Å². The predicted molar refractivity (Wildman–Crippen MR) is 42.4 cm³/mol. The van der Waals surface area contributed by atoms with Crippen molar-refractivity contribution in [3.8, 4) is 0 Å². The summed E-state index contributed by atoms with van der Waals surface area (Å²) >= 11 is 0. The van der Waals surface area contributed by atoms with Gasteiger partial charge in [-0.3, -0.25) is 0 Å². The molecule has 0 aliphatic heterocycles. The fourth-order valence-electron chi connectivity index (χ4n) is 0.921. The Morgan fingerprint density at radius 2 is 1.56 bits per heavy atom. The van der Waals surface area contributed by atoms with E-state index in [0.717, 1.165) is 6.54 Å². The molecule has 0 saturated carbocycles. The molecule has 0 amide bonds. The first-order chi connectivity index (χ1) is 4.20. The lowest BCUT2D eigenvalue weighted by Gasteiger charge is -2.16. The summed E-state index contributed by atoms with van der Waals surface area (Å²) in [5, 5.41) is 0. The third-order valence-corrected chi connectivity index (χ3v) is 1.54. The van der Waals surface area contributed by atoms with Crippen LogP contribution >= 0.6 is 0 Å². The summed E-state index contributed by atoms with van der Waals surface area (Å²) < 4.78 is 0. The summed E-state index contributed by atoms with van der Waals surface area (Å²) in [5.41, 5.74) is 0. The van der Waals surface area contributed by atoms with Crippen LogP contribution < -0.4 is 0 Å². The molecular weight excluding hydrogens is 110 g/mol. The lowest BCUT2D eigenvalue weighted by atomic mass is 10.0. The number of hydrogen-bond acceptors (Lipinski definition) is 1. The van der Waals surface area contributed by atoms with Crippen molar-refractivity contribution in [1.29, 1.82) is 0 Å². The van der Waals surface area contributed by atoms with E-state index in [4.69, 9.17) is 0 Å². The number of nitrogens with zero attached hydrogens (tertiary/aromatic N) is 1. The Labute approximate surface area is 59.1 Å². The van der Waals surface area contributed by atoms with Gasteiger partial charge in [0.1, 0.15) is 0 Å². The second kappa shape index (κ2) is 4.80. The Kier molecular flexibility index (Phi) is 4.78. The first kappa shape index (κ1) is 8.96. The Bertz CT molecular complexity index is 55.6. The zero-order valence-electron chi connectivity index (χ0n) is 7.07. The van der Waals surface area contributed by atoms with Gasteiger partial charge in [0.25, 0.3) is 0 Å². The van der Waals surface area contributed by atoms with Crippen molar-refractivity contribution in [2.45, 2.75) is 26.7 Å². The largest absolute Gasteiger partial charge is 0.309 e. The third kappa shape index (κ3) is 4.46. The van der Waals surface area contributed by atoms with E-state index in [2.05, 4.69) is 32.8 Å². The molecule has 0 N–H and O–H groups in total. The Balaban J connectivity index is 3.31. The lowest BCUT2D eigenvalue weighted by molar-refractivity contribution is 0.407. The van der Waals surface area contributed by atoms with Gasteiger partial charge in [-0.15, -0.1) is 0 Å². The molecule has 1 nitrogen and oxygen atoms in total. The van der Waals surface area contributed by atoms with Gasteiger partial charge in [-0.1, -0.05) is 13.8 Å². The molecule has 0 atom stereocenters. The summed E-state index contributed by atoms with van der Waals surface area (Å²) in [6, 6.07) is 0. The minimum Gasteiger partial charge on any atom is -0.309 e. The molecule has 0 aromatic heterocycles. The van der Waals surface area contributed by atoms with Crippen LogP contribution in [0.25, 0.3) is 0 Å². The van der Waals surface area contributed by atoms with Crippen LogP contribution in [0.15, 0.2) is 0 Å². The van der Waals surface area contributed by atoms with Crippen molar-refractivity contribution in [1.82, 2.24) is 4.90 Å². The average Bonchev–Trinajstić information content (AvgIpc) is 1.82. The van der Waals surface area contributed by atoms with Crippen LogP contribution in [0.1, 0.15) is 26.7 Å². The van der Waals surface area contributed by atoms with Crippen LogP contribution in [0.4, 0.5) is 0 Å². The van der Waals surface area contributed by atoms with Crippen molar-refractivity contribution in [3.63, 3.8) is 0 Å². The van der Waals surface area contributed by atoms with E-state index >= 15 is 0 Å². The van der Waals surface area contributed by atoms with Gasteiger partial charge in [0, 0.05) is 6.54 Å². The molecule has 0 aromatic rings.